The first-order valence-corrected chi connectivity index (χ1v) is 7.87. The molecular formula is C16H31NO2. The molecule has 0 heterocycles. The van der Waals surface area contributed by atoms with Crippen LogP contribution in [0.3, 0.4) is 0 Å². The third-order valence-corrected chi connectivity index (χ3v) is 4.01. The van der Waals surface area contributed by atoms with Crippen LogP contribution in [0, 0.1) is 11.8 Å². The fraction of sp³-hybridized carbons (Fsp3) is 0.938. The maximum absolute atomic E-state index is 11.9. The number of carboxylic acid groups (broad SMARTS) is 1. The molecule has 0 atom stereocenters. The van der Waals surface area contributed by atoms with Crippen molar-refractivity contribution in [1.82, 2.24) is 5.32 Å². The van der Waals surface area contributed by atoms with Crippen molar-refractivity contribution >= 4 is 5.97 Å². The summed E-state index contributed by atoms with van der Waals surface area (Å²) in [6.07, 6.45) is 7.46. The molecule has 112 valence electrons. The highest BCUT2D eigenvalue weighted by molar-refractivity contribution is 5.79. The highest BCUT2D eigenvalue weighted by atomic mass is 16.4. The van der Waals surface area contributed by atoms with E-state index in [1.54, 1.807) is 0 Å². The molecule has 19 heavy (non-hydrogen) atoms. The van der Waals surface area contributed by atoms with E-state index in [1.807, 2.05) is 0 Å². The van der Waals surface area contributed by atoms with Crippen LogP contribution in [-0.4, -0.2) is 22.7 Å². The van der Waals surface area contributed by atoms with Crippen molar-refractivity contribution in [2.24, 2.45) is 11.8 Å². The molecule has 1 aliphatic rings. The molecule has 0 aromatic heterocycles. The fourth-order valence-corrected chi connectivity index (χ4v) is 3.47. The SMILES string of the molecule is CC(C)CC(CC(C)C)(NC1CCCCC1)C(=O)O. The van der Waals surface area contributed by atoms with E-state index in [0.717, 1.165) is 25.7 Å². The van der Waals surface area contributed by atoms with Gasteiger partial charge in [-0.25, -0.2) is 0 Å². The summed E-state index contributed by atoms with van der Waals surface area (Å²) in [5, 5.41) is 13.3. The molecular weight excluding hydrogens is 238 g/mol. The van der Waals surface area contributed by atoms with Crippen LogP contribution in [0.25, 0.3) is 0 Å². The molecule has 0 bridgehead atoms. The lowest BCUT2D eigenvalue weighted by Gasteiger charge is -2.38. The lowest BCUT2D eigenvalue weighted by molar-refractivity contribution is -0.147. The quantitative estimate of drug-likeness (QED) is 0.738. The number of carbonyl (C=O) groups is 1. The minimum atomic E-state index is -0.732. The molecule has 1 saturated carbocycles. The summed E-state index contributed by atoms with van der Waals surface area (Å²) in [5.41, 5.74) is -0.732. The molecule has 0 amide bonds. The Morgan fingerprint density at radius 1 is 1.11 bits per heavy atom. The van der Waals surface area contributed by atoms with Gasteiger partial charge in [-0.3, -0.25) is 10.1 Å². The number of carboxylic acids is 1. The number of hydrogen-bond acceptors (Lipinski definition) is 2. The Morgan fingerprint density at radius 2 is 1.58 bits per heavy atom. The van der Waals surface area contributed by atoms with E-state index in [2.05, 4.69) is 33.0 Å². The van der Waals surface area contributed by atoms with E-state index in [0.29, 0.717) is 17.9 Å². The Hall–Kier alpha value is -0.570. The average Bonchev–Trinajstić information content (AvgIpc) is 2.27. The van der Waals surface area contributed by atoms with Crippen molar-refractivity contribution < 1.29 is 9.90 Å². The first-order chi connectivity index (χ1) is 8.85. The molecule has 0 aliphatic heterocycles. The molecule has 1 rings (SSSR count). The minimum Gasteiger partial charge on any atom is -0.480 e. The van der Waals surface area contributed by atoms with Gasteiger partial charge in [0.1, 0.15) is 5.54 Å². The fourth-order valence-electron chi connectivity index (χ4n) is 3.47. The lowest BCUT2D eigenvalue weighted by atomic mass is 9.80. The Balaban J connectivity index is 2.82. The molecule has 3 nitrogen and oxygen atoms in total. The number of rotatable bonds is 7. The Bertz CT molecular complexity index is 270. The second-order valence-electron chi connectivity index (χ2n) is 7.06. The summed E-state index contributed by atoms with van der Waals surface area (Å²) in [6, 6.07) is 0.391. The number of hydrogen-bond donors (Lipinski definition) is 2. The zero-order chi connectivity index (χ0) is 14.5. The summed E-state index contributed by atoms with van der Waals surface area (Å²) in [7, 11) is 0. The summed E-state index contributed by atoms with van der Waals surface area (Å²) < 4.78 is 0. The van der Waals surface area contributed by atoms with Gasteiger partial charge in [0.2, 0.25) is 0 Å². The van der Waals surface area contributed by atoms with E-state index in [4.69, 9.17) is 0 Å². The lowest BCUT2D eigenvalue weighted by Crippen LogP contribution is -2.57. The van der Waals surface area contributed by atoms with Gasteiger partial charge >= 0.3 is 5.97 Å². The predicted octanol–water partition coefficient (Wildman–Crippen LogP) is 3.82. The van der Waals surface area contributed by atoms with Crippen LogP contribution in [-0.2, 0) is 4.79 Å². The Kier molecular flexibility index (Phi) is 6.31. The van der Waals surface area contributed by atoms with Gasteiger partial charge in [-0.1, -0.05) is 47.0 Å². The Morgan fingerprint density at radius 3 is 1.95 bits per heavy atom. The largest absolute Gasteiger partial charge is 0.480 e. The zero-order valence-electron chi connectivity index (χ0n) is 13.0. The van der Waals surface area contributed by atoms with Crippen LogP contribution in [0.5, 0.6) is 0 Å². The molecule has 0 unspecified atom stereocenters. The third-order valence-electron chi connectivity index (χ3n) is 4.01. The summed E-state index contributed by atoms with van der Waals surface area (Å²) in [6.45, 7) is 8.45. The molecule has 0 aromatic carbocycles. The topological polar surface area (TPSA) is 49.3 Å². The highest BCUT2D eigenvalue weighted by Crippen LogP contribution is 2.29. The van der Waals surface area contributed by atoms with Crippen LogP contribution in [0.15, 0.2) is 0 Å². The van der Waals surface area contributed by atoms with E-state index in [1.165, 1.54) is 19.3 Å². The van der Waals surface area contributed by atoms with E-state index in [9.17, 15) is 9.90 Å². The van der Waals surface area contributed by atoms with Gasteiger partial charge in [-0.05, 0) is 37.5 Å². The first kappa shape index (κ1) is 16.5. The zero-order valence-corrected chi connectivity index (χ0v) is 13.0. The van der Waals surface area contributed by atoms with E-state index >= 15 is 0 Å². The third kappa shape index (κ3) is 5.13. The van der Waals surface area contributed by atoms with Gasteiger partial charge in [0, 0.05) is 6.04 Å². The van der Waals surface area contributed by atoms with Crippen molar-refractivity contribution in [2.45, 2.75) is 84.2 Å². The maximum Gasteiger partial charge on any atom is 0.323 e. The minimum absolute atomic E-state index is 0.391. The van der Waals surface area contributed by atoms with Crippen LogP contribution < -0.4 is 5.32 Å². The average molecular weight is 269 g/mol. The smallest absolute Gasteiger partial charge is 0.323 e. The van der Waals surface area contributed by atoms with Crippen LogP contribution in [0.1, 0.15) is 72.6 Å². The van der Waals surface area contributed by atoms with E-state index in [-0.39, 0.29) is 0 Å². The van der Waals surface area contributed by atoms with Crippen LogP contribution in [0.2, 0.25) is 0 Å². The molecule has 0 aromatic rings. The van der Waals surface area contributed by atoms with Crippen molar-refractivity contribution in [1.29, 1.82) is 0 Å². The maximum atomic E-state index is 11.9. The van der Waals surface area contributed by atoms with Crippen LogP contribution in [0.4, 0.5) is 0 Å². The molecule has 2 N–H and O–H groups in total. The standard InChI is InChI=1S/C16H31NO2/c1-12(2)10-16(15(18)19,11-13(3)4)17-14-8-6-5-7-9-14/h12-14,17H,5-11H2,1-4H3,(H,18,19). The molecule has 0 saturated heterocycles. The van der Waals surface area contributed by atoms with Gasteiger partial charge in [-0.2, -0.15) is 0 Å². The van der Waals surface area contributed by atoms with Crippen molar-refractivity contribution in [3.63, 3.8) is 0 Å². The molecule has 0 radical (unpaired) electrons. The van der Waals surface area contributed by atoms with E-state index < -0.39 is 11.5 Å². The molecule has 1 fully saturated rings. The molecule has 0 spiro atoms. The Labute approximate surface area is 118 Å². The van der Waals surface area contributed by atoms with Gasteiger partial charge in [-0.15, -0.1) is 0 Å². The second kappa shape index (κ2) is 7.28. The van der Waals surface area contributed by atoms with Crippen molar-refractivity contribution in [3.8, 4) is 0 Å². The van der Waals surface area contributed by atoms with Gasteiger partial charge in [0.15, 0.2) is 0 Å². The van der Waals surface area contributed by atoms with Gasteiger partial charge in [0.25, 0.3) is 0 Å². The van der Waals surface area contributed by atoms with Crippen molar-refractivity contribution in [2.75, 3.05) is 0 Å². The van der Waals surface area contributed by atoms with Gasteiger partial charge < -0.3 is 5.11 Å². The molecule has 3 heteroatoms. The van der Waals surface area contributed by atoms with Gasteiger partial charge in [0.05, 0.1) is 0 Å². The predicted molar refractivity (Wildman–Crippen MR) is 79.3 cm³/mol. The number of aliphatic carboxylic acids is 1. The second-order valence-corrected chi connectivity index (χ2v) is 7.06. The summed E-state index contributed by atoms with van der Waals surface area (Å²) in [5.74, 6) is 0.123. The normalized spacial score (nSPS) is 18.2. The monoisotopic (exact) mass is 269 g/mol. The molecule has 1 aliphatic carbocycles. The van der Waals surface area contributed by atoms with Crippen molar-refractivity contribution in [3.05, 3.63) is 0 Å². The highest BCUT2D eigenvalue weighted by Gasteiger charge is 2.41. The summed E-state index contributed by atoms with van der Waals surface area (Å²) >= 11 is 0. The number of nitrogens with one attached hydrogen (secondary N) is 1. The summed E-state index contributed by atoms with van der Waals surface area (Å²) in [4.78, 5) is 11.9. The first-order valence-electron chi connectivity index (χ1n) is 7.87. The van der Waals surface area contributed by atoms with Crippen LogP contribution >= 0.6 is 0 Å².